The molecular weight excluding hydrogens is 352 g/mol. The van der Waals surface area contributed by atoms with Crippen LogP contribution in [0.2, 0.25) is 0 Å². The first-order valence-electron chi connectivity index (χ1n) is 10.5. The molecule has 0 unspecified atom stereocenters. The smallest absolute Gasteiger partial charge is 0.239 e. The van der Waals surface area contributed by atoms with Crippen molar-refractivity contribution in [1.29, 1.82) is 0 Å². The lowest BCUT2D eigenvalue weighted by Crippen LogP contribution is -2.54. The summed E-state index contributed by atoms with van der Waals surface area (Å²) < 4.78 is 1.99. The second-order valence-corrected chi connectivity index (χ2v) is 9.23. The topological polar surface area (TPSA) is 76.0 Å². The number of carbonyl (C=O) groups excluding carboxylic acids is 2. The minimum Gasteiger partial charge on any atom is -0.347 e. The van der Waals surface area contributed by atoms with Crippen LogP contribution in [0.1, 0.15) is 44.3 Å². The average molecular weight is 380 g/mol. The summed E-state index contributed by atoms with van der Waals surface area (Å²) in [7, 11) is 1.95. The molecule has 1 heterocycles. The van der Waals surface area contributed by atoms with Gasteiger partial charge in [0.2, 0.25) is 11.8 Å². The molecule has 2 N–H and O–H groups in total. The fourth-order valence-corrected chi connectivity index (χ4v) is 6.33. The predicted molar refractivity (Wildman–Crippen MR) is 106 cm³/mol. The quantitative estimate of drug-likeness (QED) is 0.837. The van der Waals surface area contributed by atoms with Gasteiger partial charge in [-0.25, -0.2) is 4.98 Å². The Morgan fingerprint density at radius 2 is 1.71 bits per heavy atom. The Hall–Kier alpha value is -2.37. The number of hydrogen-bond acceptors (Lipinski definition) is 3. The van der Waals surface area contributed by atoms with Crippen molar-refractivity contribution in [3.63, 3.8) is 0 Å². The number of rotatable bonds is 5. The summed E-state index contributed by atoms with van der Waals surface area (Å²) in [5.41, 5.74) is 1.76. The number of amides is 2. The normalized spacial score (nSPS) is 30.5. The van der Waals surface area contributed by atoms with Crippen molar-refractivity contribution in [2.24, 2.45) is 30.2 Å². The van der Waals surface area contributed by atoms with Gasteiger partial charge in [-0.2, -0.15) is 0 Å². The number of nitrogens with one attached hydrogen (secondary N) is 2. The molecule has 6 nitrogen and oxygen atoms in total. The SMILES string of the molecule is Cn1c(CNC(=O)CNC(=O)C23CC4CC(CC(C4)C2)C3)nc2ccccc21. The number of nitrogens with zero attached hydrogens (tertiary/aromatic N) is 2. The Morgan fingerprint density at radius 3 is 2.36 bits per heavy atom. The third kappa shape index (κ3) is 2.99. The Morgan fingerprint density at radius 1 is 1.07 bits per heavy atom. The van der Waals surface area contributed by atoms with Gasteiger partial charge in [0.15, 0.2) is 0 Å². The third-order valence-corrected chi connectivity index (χ3v) is 7.25. The van der Waals surface area contributed by atoms with Gasteiger partial charge in [0.05, 0.1) is 24.1 Å². The number of para-hydroxylation sites is 2. The molecule has 6 rings (SSSR count). The molecule has 6 heteroatoms. The zero-order chi connectivity index (χ0) is 19.3. The van der Waals surface area contributed by atoms with E-state index in [0.717, 1.165) is 53.9 Å². The highest BCUT2D eigenvalue weighted by atomic mass is 16.2. The number of benzene rings is 1. The molecule has 1 aromatic carbocycles. The zero-order valence-electron chi connectivity index (χ0n) is 16.4. The van der Waals surface area contributed by atoms with Crippen LogP contribution in [0.4, 0.5) is 0 Å². The molecule has 4 aliphatic rings. The van der Waals surface area contributed by atoms with Crippen LogP contribution in [-0.2, 0) is 23.2 Å². The van der Waals surface area contributed by atoms with Crippen LogP contribution < -0.4 is 10.6 Å². The van der Waals surface area contributed by atoms with Gasteiger partial charge in [0.1, 0.15) is 5.82 Å². The lowest BCUT2D eigenvalue weighted by Gasteiger charge is -2.55. The van der Waals surface area contributed by atoms with Gasteiger partial charge in [-0.3, -0.25) is 9.59 Å². The standard InChI is InChI=1S/C22H28N4O2/c1-26-18-5-3-2-4-17(18)25-19(26)12-23-20(27)13-24-21(28)22-9-14-6-15(10-22)8-16(7-14)11-22/h2-5,14-16H,6-13H2,1H3,(H,23,27)(H,24,28). The minimum atomic E-state index is -0.202. The highest BCUT2D eigenvalue weighted by molar-refractivity contribution is 5.88. The van der Waals surface area contributed by atoms with Crippen molar-refractivity contribution in [2.75, 3.05) is 6.54 Å². The van der Waals surface area contributed by atoms with Gasteiger partial charge < -0.3 is 15.2 Å². The number of hydrogen-bond donors (Lipinski definition) is 2. The molecule has 4 fully saturated rings. The molecule has 4 aliphatic carbocycles. The van der Waals surface area contributed by atoms with Crippen molar-refractivity contribution in [1.82, 2.24) is 20.2 Å². The Labute approximate surface area is 165 Å². The van der Waals surface area contributed by atoms with E-state index in [1.54, 1.807) is 0 Å². The molecule has 148 valence electrons. The van der Waals surface area contributed by atoms with E-state index < -0.39 is 0 Å². The van der Waals surface area contributed by atoms with Crippen molar-refractivity contribution in [2.45, 2.75) is 45.1 Å². The second kappa shape index (κ2) is 6.61. The van der Waals surface area contributed by atoms with Crippen LogP contribution in [0, 0.1) is 23.2 Å². The largest absolute Gasteiger partial charge is 0.347 e. The van der Waals surface area contributed by atoms with Crippen molar-refractivity contribution >= 4 is 22.8 Å². The lowest BCUT2D eigenvalue weighted by atomic mass is 9.49. The first-order valence-corrected chi connectivity index (χ1v) is 10.5. The van der Waals surface area contributed by atoms with Crippen LogP contribution in [0.15, 0.2) is 24.3 Å². The minimum absolute atomic E-state index is 0.0462. The summed E-state index contributed by atoms with van der Waals surface area (Å²) in [6.45, 7) is 0.405. The van der Waals surface area contributed by atoms with Gasteiger partial charge in [-0.15, -0.1) is 0 Å². The summed E-state index contributed by atoms with van der Waals surface area (Å²) in [6.07, 6.45) is 6.99. The summed E-state index contributed by atoms with van der Waals surface area (Å²) in [5.74, 6) is 2.92. The average Bonchev–Trinajstić information content (AvgIpc) is 2.99. The van der Waals surface area contributed by atoms with Gasteiger partial charge in [-0.05, 0) is 68.4 Å². The van der Waals surface area contributed by atoms with Crippen LogP contribution in [0.5, 0.6) is 0 Å². The predicted octanol–water partition coefficient (Wildman–Crippen LogP) is 2.52. The fourth-order valence-electron chi connectivity index (χ4n) is 6.33. The fraction of sp³-hybridized carbons (Fsp3) is 0.591. The summed E-state index contributed by atoms with van der Waals surface area (Å²) in [5, 5.41) is 5.83. The molecule has 4 bridgehead atoms. The van der Waals surface area contributed by atoms with E-state index in [9.17, 15) is 9.59 Å². The maximum atomic E-state index is 12.9. The molecule has 28 heavy (non-hydrogen) atoms. The van der Waals surface area contributed by atoms with E-state index in [1.165, 1.54) is 19.3 Å². The number of aromatic nitrogens is 2. The third-order valence-electron chi connectivity index (χ3n) is 7.25. The molecule has 1 aromatic heterocycles. The molecular formula is C22H28N4O2. The first kappa shape index (κ1) is 17.7. The number of aryl methyl sites for hydroxylation is 1. The first-order chi connectivity index (χ1) is 13.5. The zero-order valence-corrected chi connectivity index (χ0v) is 16.4. The number of carbonyl (C=O) groups is 2. The monoisotopic (exact) mass is 380 g/mol. The van der Waals surface area contributed by atoms with Gasteiger partial charge >= 0.3 is 0 Å². The maximum absolute atomic E-state index is 12.9. The molecule has 0 spiro atoms. The molecule has 0 atom stereocenters. The van der Waals surface area contributed by atoms with Crippen molar-refractivity contribution in [3.8, 4) is 0 Å². The Balaban J connectivity index is 1.16. The number of fused-ring (bicyclic) bond motifs is 1. The molecule has 4 saturated carbocycles. The van der Waals surface area contributed by atoms with Gasteiger partial charge in [0, 0.05) is 12.5 Å². The summed E-state index contributed by atoms with van der Waals surface area (Å²) >= 11 is 0. The Bertz CT molecular complexity index is 896. The van der Waals surface area contributed by atoms with Crippen LogP contribution in [0.25, 0.3) is 11.0 Å². The van der Waals surface area contributed by atoms with E-state index in [4.69, 9.17) is 0 Å². The van der Waals surface area contributed by atoms with Gasteiger partial charge in [0.25, 0.3) is 0 Å². The molecule has 2 amide bonds. The van der Waals surface area contributed by atoms with Gasteiger partial charge in [-0.1, -0.05) is 12.1 Å². The van der Waals surface area contributed by atoms with Crippen molar-refractivity contribution < 1.29 is 9.59 Å². The van der Waals surface area contributed by atoms with Crippen LogP contribution in [0.3, 0.4) is 0 Å². The van der Waals surface area contributed by atoms with E-state index in [-0.39, 0.29) is 23.8 Å². The summed E-state index contributed by atoms with van der Waals surface area (Å²) in [6, 6.07) is 7.91. The van der Waals surface area contributed by atoms with Crippen molar-refractivity contribution in [3.05, 3.63) is 30.1 Å². The van der Waals surface area contributed by atoms with E-state index in [0.29, 0.717) is 6.54 Å². The molecule has 0 radical (unpaired) electrons. The molecule has 0 saturated heterocycles. The van der Waals surface area contributed by atoms with E-state index >= 15 is 0 Å². The maximum Gasteiger partial charge on any atom is 0.239 e. The highest BCUT2D eigenvalue weighted by Gasteiger charge is 2.54. The lowest BCUT2D eigenvalue weighted by molar-refractivity contribution is -0.147. The van der Waals surface area contributed by atoms with E-state index in [2.05, 4.69) is 15.6 Å². The highest BCUT2D eigenvalue weighted by Crippen LogP contribution is 2.60. The summed E-state index contributed by atoms with van der Waals surface area (Å²) in [4.78, 5) is 29.8. The second-order valence-electron chi connectivity index (χ2n) is 9.23. The van der Waals surface area contributed by atoms with E-state index in [1.807, 2.05) is 35.9 Å². The Kier molecular flexibility index (Phi) is 4.18. The molecule has 0 aliphatic heterocycles. The van der Waals surface area contributed by atoms with Crippen LogP contribution >= 0.6 is 0 Å². The molecule has 2 aromatic rings. The van der Waals surface area contributed by atoms with Crippen LogP contribution in [-0.4, -0.2) is 27.9 Å². The number of imidazole rings is 1.